The summed E-state index contributed by atoms with van der Waals surface area (Å²) in [6.45, 7) is 2.80. The second-order valence-corrected chi connectivity index (χ2v) is 5.52. The topological polar surface area (TPSA) is 101 Å². The number of likely N-dealkylation sites (tertiary alicyclic amines) is 1. The normalized spacial score (nSPS) is 19.2. The Morgan fingerprint density at radius 2 is 2.14 bits per heavy atom. The number of aryl methyl sites for hydroxylation is 1. The third kappa shape index (κ3) is 3.95. The Kier molecular flexibility index (Phi) is 4.80. The van der Waals surface area contributed by atoms with E-state index in [1.165, 1.54) is 0 Å². The van der Waals surface area contributed by atoms with E-state index in [1.54, 1.807) is 6.07 Å². The highest BCUT2D eigenvalue weighted by molar-refractivity contribution is 5.95. The minimum absolute atomic E-state index is 0.154. The molecule has 0 aromatic heterocycles. The van der Waals surface area contributed by atoms with Crippen molar-refractivity contribution in [2.75, 3.05) is 24.1 Å². The summed E-state index contributed by atoms with van der Waals surface area (Å²) in [5.74, 6) is -0.545. The number of hydrogen-bond donors (Lipinski definition) is 3. The zero-order valence-electron chi connectivity index (χ0n) is 12.3. The van der Waals surface area contributed by atoms with Gasteiger partial charge in [0.25, 0.3) is 0 Å². The van der Waals surface area contributed by atoms with Crippen LogP contribution in [0.1, 0.15) is 24.8 Å². The standard InChI is InChI=1S/C15H22N4O2/c1-10-5-6-12(11(16)8-10)18-14(20)9-19-7-3-2-4-13(19)15(17)21/h5-6,8,13H,2-4,7,9,16H2,1H3,(H2,17,21)(H,18,20). The van der Waals surface area contributed by atoms with Crippen LogP contribution in [0.3, 0.4) is 0 Å². The molecule has 6 nitrogen and oxygen atoms in total. The van der Waals surface area contributed by atoms with Crippen molar-refractivity contribution in [2.24, 2.45) is 5.73 Å². The highest BCUT2D eigenvalue weighted by Crippen LogP contribution is 2.20. The van der Waals surface area contributed by atoms with Crippen molar-refractivity contribution in [3.8, 4) is 0 Å². The number of carbonyl (C=O) groups is 2. The van der Waals surface area contributed by atoms with Crippen molar-refractivity contribution in [3.05, 3.63) is 23.8 Å². The molecule has 0 bridgehead atoms. The molecule has 0 radical (unpaired) electrons. The van der Waals surface area contributed by atoms with Gasteiger partial charge in [-0.15, -0.1) is 0 Å². The first-order chi connectivity index (χ1) is 9.97. The van der Waals surface area contributed by atoms with E-state index in [0.717, 1.165) is 24.8 Å². The van der Waals surface area contributed by atoms with Gasteiger partial charge >= 0.3 is 0 Å². The van der Waals surface area contributed by atoms with Crippen molar-refractivity contribution in [3.63, 3.8) is 0 Å². The number of benzene rings is 1. The molecule has 21 heavy (non-hydrogen) atoms. The number of rotatable bonds is 4. The molecule has 1 atom stereocenters. The number of amides is 2. The van der Waals surface area contributed by atoms with E-state index in [-0.39, 0.29) is 24.4 Å². The third-order valence-electron chi connectivity index (χ3n) is 3.77. The van der Waals surface area contributed by atoms with E-state index >= 15 is 0 Å². The van der Waals surface area contributed by atoms with Crippen molar-refractivity contribution in [1.82, 2.24) is 4.90 Å². The van der Waals surface area contributed by atoms with Crippen LogP contribution < -0.4 is 16.8 Å². The second kappa shape index (κ2) is 6.58. The fourth-order valence-corrected chi connectivity index (χ4v) is 2.67. The van der Waals surface area contributed by atoms with Gasteiger partial charge in [0.1, 0.15) is 0 Å². The smallest absolute Gasteiger partial charge is 0.238 e. The fourth-order valence-electron chi connectivity index (χ4n) is 2.67. The quantitative estimate of drug-likeness (QED) is 0.716. The zero-order chi connectivity index (χ0) is 15.4. The van der Waals surface area contributed by atoms with Gasteiger partial charge < -0.3 is 16.8 Å². The van der Waals surface area contributed by atoms with Crippen LogP contribution in [-0.2, 0) is 9.59 Å². The summed E-state index contributed by atoms with van der Waals surface area (Å²) in [7, 11) is 0. The van der Waals surface area contributed by atoms with Gasteiger partial charge in [-0.2, -0.15) is 0 Å². The van der Waals surface area contributed by atoms with Crippen LogP contribution in [-0.4, -0.2) is 35.8 Å². The largest absolute Gasteiger partial charge is 0.397 e. The lowest BCUT2D eigenvalue weighted by Gasteiger charge is -2.32. The van der Waals surface area contributed by atoms with E-state index < -0.39 is 0 Å². The van der Waals surface area contributed by atoms with Crippen LogP contribution in [0.4, 0.5) is 11.4 Å². The Hall–Kier alpha value is -2.08. The molecule has 114 valence electrons. The number of primary amides is 1. The first-order valence-electron chi connectivity index (χ1n) is 7.16. The highest BCUT2D eigenvalue weighted by Gasteiger charge is 2.28. The SMILES string of the molecule is Cc1ccc(NC(=O)CN2CCCCC2C(N)=O)c(N)c1. The minimum Gasteiger partial charge on any atom is -0.397 e. The summed E-state index contributed by atoms with van der Waals surface area (Å²) in [5.41, 5.74) is 13.4. The molecular formula is C15H22N4O2. The molecule has 2 rings (SSSR count). The number of nitrogen functional groups attached to an aromatic ring is 1. The Morgan fingerprint density at radius 3 is 2.81 bits per heavy atom. The molecule has 1 aliphatic heterocycles. The Labute approximate surface area is 124 Å². The second-order valence-electron chi connectivity index (χ2n) is 5.52. The Morgan fingerprint density at radius 1 is 1.38 bits per heavy atom. The number of nitrogens with zero attached hydrogens (tertiary/aromatic N) is 1. The molecule has 1 aliphatic rings. The van der Waals surface area contributed by atoms with Gasteiger partial charge in [0, 0.05) is 0 Å². The molecule has 1 fully saturated rings. The summed E-state index contributed by atoms with van der Waals surface area (Å²) in [6.07, 6.45) is 2.66. The lowest BCUT2D eigenvalue weighted by atomic mass is 10.0. The van der Waals surface area contributed by atoms with Gasteiger partial charge in [-0.05, 0) is 44.0 Å². The maximum absolute atomic E-state index is 12.1. The van der Waals surface area contributed by atoms with E-state index in [9.17, 15) is 9.59 Å². The van der Waals surface area contributed by atoms with Crippen molar-refractivity contribution in [2.45, 2.75) is 32.2 Å². The van der Waals surface area contributed by atoms with Gasteiger partial charge in [-0.3, -0.25) is 14.5 Å². The molecule has 1 aromatic carbocycles. The molecule has 0 aliphatic carbocycles. The predicted octanol–water partition coefficient (Wildman–Crippen LogP) is 0.856. The molecule has 6 heteroatoms. The first kappa shape index (κ1) is 15.3. The molecular weight excluding hydrogens is 268 g/mol. The summed E-state index contributed by atoms with van der Waals surface area (Å²) in [5, 5.41) is 2.79. The van der Waals surface area contributed by atoms with Crippen molar-refractivity contribution < 1.29 is 9.59 Å². The summed E-state index contributed by atoms with van der Waals surface area (Å²) < 4.78 is 0. The van der Waals surface area contributed by atoms with Gasteiger partial charge in [0.05, 0.1) is 24.0 Å². The lowest BCUT2D eigenvalue weighted by molar-refractivity contribution is -0.126. The lowest BCUT2D eigenvalue weighted by Crippen LogP contribution is -2.50. The van der Waals surface area contributed by atoms with Gasteiger partial charge in [-0.1, -0.05) is 12.5 Å². The number of piperidine rings is 1. The van der Waals surface area contributed by atoms with E-state index in [2.05, 4.69) is 5.32 Å². The molecule has 0 saturated carbocycles. The van der Waals surface area contributed by atoms with Crippen LogP contribution in [0.25, 0.3) is 0 Å². The van der Waals surface area contributed by atoms with Crippen LogP contribution >= 0.6 is 0 Å². The first-order valence-corrected chi connectivity index (χ1v) is 7.16. The van der Waals surface area contributed by atoms with Gasteiger partial charge in [0.2, 0.25) is 11.8 Å². The van der Waals surface area contributed by atoms with Crippen molar-refractivity contribution in [1.29, 1.82) is 0 Å². The number of nitrogens with one attached hydrogen (secondary N) is 1. The highest BCUT2D eigenvalue weighted by atomic mass is 16.2. The molecule has 2 amide bonds. The van der Waals surface area contributed by atoms with Crippen LogP contribution in [0.5, 0.6) is 0 Å². The summed E-state index contributed by atoms with van der Waals surface area (Å²) in [4.78, 5) is 25.4. The molecule has 1 saturated heterocycles. The monoisotopic (exact) mass is 290 g/mol. The van der Waals surface area contributed by atoms with E-state index in [4.69, 9.17) is 11.5 Å². The molecule has 1 heterocycles. The van der Waals surface area contributed by atoms with Gasteiger partial charge in [0.15, 0.2) is 0 Å². The Balaban J connectivity index is 1.98. The van der Waals surface area contributed by atoms with Crippen LogP contribution in [0.15, 0.2) is 18.2 Å². The number of nitrogens with two attached hydrogens (primary N) is 2. The average molecular weight is 290 g/mol. The third-order valence-corrected chi connectivity index (χ3v) is 3.77. The molecule has 0 spiro atoms. The maximum Gasteiger partial charge on any atom is 0.238 e. The van der Waals surface area contributed by atoms with Gasteiger partial charge in [-0.25, -0.2) is 0 Å². The molecule has 1 unspecified atom stereocenters. The predicted molar refractivity (Wildman–Crippen MR) is 82.6 cm³/mol. The zero-order valence-corrected chi connectivity index (χ0v) is 12.3. The minimum atomic E-state index is -0.364. The summed E-state index contributed by atoms with van der Waals surface area (Å²) in [6, 6.07) is 5.13. The number of hydrogen-bond acceptors (Lipinski definition) is 4. The van der Waals surface area contributed by atoms with Crippen molar-refractivity contribution >= 4 is 23.2 Å². The Bertz CT molecular complexity index is 544. The maximum atomic E-state index is 12.1. The van der Waals surface area contributed by atoms with E-state index in [0.29, 0.717) is 17.9 Å². The number of carbonyl (C=O) groups excluding carboxylic acids is 2. The van der Waals surface area contributed by atoms with E-state index in [1.807, 2.05) is 24.0 Å². The van der Waals surface area contributed by atoms with Crippen LogP contribution in [0.2, 0.25) is 0 Å². The number of anilines is 2. The fraction of sp³-hybridized carbons (Fsp3) is 0.467. The summed E-state index contributed by atoms with van der Waals surface area (Å²) >= 11 is 0. The molecule has 5 N–H and O–H groups in total. The van der Waals surface area contributed by atoms with Crippen LogP contribution in [0, 0.1) is 6.92 Å². The average Bonchev–Trinajstić information content (AvgIpc) is 2.42. The molecule has 1 aromatic rings.